The molecular weight excluding hydrogens is 460 g/mol. The number of sulfonamides is 1. The molecule has 0 bridgehead atoms. The molecule has 1 amide bonds. The predicted molar refractivity (Wildman–Crippen MR) is 131 cm³/mol. The van der Waals surface area contributed by atoms with Gasteiger partial charge in [0, 0.05) is 11.6 Å². The molecule has 0 atom stereocenters. The molecule has 0 aliphatic rings. The lowest BCUT2D eigenvalue weighted by Crippen LogP contribution is -2.41. The van der Waals surface area contributed by atoms with Gasteiger partial charge < -0.3 is 10.1 Å². The summed E-state index contributed by atoms with van der Waals surface area (Å²) in [7, 11) is -2.34. The first-order valence-electron chi connectivity index (χ1n) is 10.5. The summed E-state index contributed by atoms with van der Waals surface area (Å²) in [5.74, 6) is 0.425. The van der Waals surface area contributed by atoms with E-state index in [0.717, 1.165) is 34.0 Å². The van der Waals surface area contributed by atoms with Crippen molar-refractivity contribution in [1.29, 1.82) is 0 Å². The van der Waals surface area contributed by atoms with Crippen LogP contribution in [-0.2, 0) is 21.2 Å². The Kier molecular flexibility index (Phi) is 8.36. The number of amides is 1. The average Bonchev–Trinajstić information content (AvgIpc) is 2.81. The van der Waals surface area contributed by atoms with Crippen molar-refractivity contribution in [1.82, 2.24) is 5.32 Å². The predicted octanol–water partition coefficient (Wildman–Crippen LogP) is 4.60. The summed E-state index contributed by atoms with van der Waals surface area (Å²) in [6.07, 6.45) is 1.52. The quantitative estimate of drug-likeness (QED) is 0.425. The second-order valence-corrected chi connectivity index (χ2v) is 9.90. The monoisotopic (exact) mass is 486 g/mol. The fourth-order valence-electron chi connectivity index (χ4n) is 3.33. The van der Waals surface area contributed by atoms with E-state index in [1.807, 2.05) is 37.3 Å². The summed E-state index contributed by atoms with van der Waals surface area (Å²) in [6, 6.07) is 20.7. The summed E-state index contributed by atoms with van der Waals surface area (Å²) >= 11 is 5.91. The highest BCUT2D eigenvalue weighted by molar-refractivity contribution is 7.92. The molecule has 33 heavy (non-hydrogen) atoms. The van der Waals surface area contributed by atoms with Crippen molar-refractivity contribution in [3.8, 4) is 5.75 Å². The maximum atomic E-state index is 13.4. The molecule has 0 saturated heterocycles. The fourth-order valence-corrected chi connectivity index (χ4v) is 4.87. The number of nitrogens with one attached hydrogen (secondary N) is 1. The lowest BCUT2D eigenvalue weighted by atomic mass is 10.1. The van der Waals surface area contributed by atoms with Crippen molar-refractivity contribution in [2.45, 2.75) is 24.7 Å². The third kappa shape index (κ3) is 6.73. The van der Waals surface area contributed by atoms with Crippen molar-refractivity contribution in [2.24, 2.45) is 0 Å². The van der Waals surface area contributed by atoms with Crippen LogP contribution in [0.1, 0.15) is 17.5 Å². The van der Waals surface area contributed by atoms with Gasteiger partial charge in [0.25, 0.3) is 10.0 Å². The van der Waals surface area contributed by atoms with Crippen molar-refractivity contribution >= 4 is 33.2 Å². The van der Waals surface area contributed by atoms with Gasteiger partial charge in [-0.2, -0.15) is 0 Å². The number of hydrogen-bond acceptors (Lipinski definition) is 4. The molecule has 174 valence electrons. The van der Waals surface area contributed by atoms with Gasteiger partial charge >= 0.3 is 0 Å². The third-order valence-electron chi connectivity index (χ3n) is 5.10. The molecule has 0 unspecified atom stereocenters. The summed E-state index contributed by atoms with van der Waals surface area (Å²) in [4.78, 5) is 12.8. The first kappa shape index (κ1) is 24.6. The Labute approximate surface area is 200 Å². The number of hydrogen-bond donors (Lipinski definition) is 1. The summed E-state index contributed by atoms with van der Waals surface area (Å²) in [6.45, 7) is 1.99. The van der Waals surface area contributed by atoms with E-state index in [4.69, 9.17) is 16.3 Å². The van der Waals surface area contributed by atoms with E-state index in [2.05, 4.69) is 5.32 Å². The van der Waals surface area contributed by atoms with Crippen LogP contribution in [0.25, 0.3) is 0 Å². The first-order chi connectivity index (χ1) is 15.8. The summed E-state index contributed by atoms with van der Waals surface area (Å²) < 4.78 is 33.0. The number of rotatable bonds is 10. The second-order valence-electron chi connectivity index (χ2n) is 7.61. The number of nitrogens with zero attached hydrogens (tertiary/aromatic N) is 1. The SMILES string of the molecule is COc1ccc(CCCNC(=O)CN(c2cccc(C)c2)S(=O)(=O)c2ccc(Cl)cc2)cc1. The van der Waals surface area contributed by atoms with Gasteiger partial charge in [0.1, 0.15) is 12.3 Å². The molecule has 3 rings (SSSR count). The number of carbonyl (C=O) groups excluding carboxylic acids is 1. The van der Waals surface area contributed by atoms with Gasteiger partial charge in [-0.05, 0) is 79.4 Å². The van der Waals surface area contributed by atoms with Crippen molar-refractivity contribution in [3.05, 3.63) is 88.9 Å². The standard InChI is InChI=1S/C25H27ClN2O4S/c1-19-5-3-7-22(17-19)28(33(30,31)24-14-10-21(26)11-15-24)18-25(29)27-16-4-6-20-8-12-23(32-2)13-9-20/h3,5,7-15,17H,4,6,16,18H2,1-2H3,(H,27,29). The van der Waals surface area contributed by atoms with E-state index in [-0.39, 0.29) is 17.3 Å². The van der Waals surface area contributed by atoms with Crippen LogP contribution < -0.4 is 14.4 Å². The highest BCUT2D eigenvalue weighted by Crippen LogP contribution is 2.25. The van der Waals surface area contributed by atoms with E-state index in [1.54, 1.807) is 25.3 Å². The number of carbonyl (C=O) groups is 1. The molecule has 0 saturated carbocycles. The number of benzene rings is 3. The topological polar surface area (TPSA) is 75.7 Å². The van der Waals surface area contributed by atoms with E-state index in [0.29, 0.717) is 17.3 Å². The highest BCUT2D eigenvalue weighted by Gasteiger charge is 2.27. The number of anilines is 1. The summed E-state index contributed by atoms with van der Waals surface area (Å²) in [5.41, 5.74) is 2.46. The maximum absolute atomic E-state index is 13.4. The number of halogens is 1. The molecule has 0 aliphatic carbocycles. The van der Waals surface area contributed by atoms with Gasteiger partial charge in [-0.1, -0.05) is 35.9 Å². The summed E-state index contributed by atoms with van der Waals surface area (Å²) in [5, 5.41) is 3.27. The van der Waals surface area contributed by atoms with Crippen molar-refractivity contribution in [2.75, 3.05) is 24.5 Å². The van der Waals surface area contributed by atoms with Crippen LogP contribution in [0.2, 0.25) is 5.02 Å². The Balaban J connectivity index is 1.68. The normalized spacial score (nSPS) is 11.1. The van der Waals surface area contributed by atoms with Gasteiger partial charge in [-0.15, -0.1) is 0 Å². The van der Waals surface area contributed by atoms with Crippen LogP contribution in [0.15, 0.2) is 77.7 Å². The molecule has 1 N–H and O–H groups in total. The molecule has 0 aliphatic heterocycles. The highest BCUT2D eigenvalue weighted by atomic mass is 35.5. The smallest absolute Gasteiger partial charge is 0.264 e. The zero-order chi connectivity index (χ0) is 23.8. The Morgan fingerprint density at radius 2 is 1.73 bits per heavy atom. The first-order valence-corrected chi connectivity index (χ1v) is 12.4. The molecule has 3 aromatic rings. The fraction of sp³-hybridized carbons (Fsp3) is 0.240. The van der Waals surface area contributed by atoms with Gasteiger partial charge in [-0.25, -0.2) is 8.42 Å². The van der Waals surface area contributed by atoms with E-state index >= 15 is 0 Å². The molecule has 0 spiro atoms. The zero-order valence-corrected chi connectivity index (χ0v) is 20.2. The van der Waals surface area contributed by atoms with E-state index in [1.165, 1.54) is 24.3 Å². The lowest BCUT2D eigenvalue weighted by molar-refractivity contribution is -0.119. The van der Waals surface area contributed by atoms with Crippen molar-refractivity contribution < 1.29 is 17.9 Å². The second kappa shape index (κ2) is 11.2. The lowest BCUT2D eigenvalue weighted by Gasteiger charge is -2.24. The molecule has 0 aromatic heterocycles. The number of methoxy groups -OCH3 is 1. The van der Waals surface area contributed by atoms with Crippen molar-refractivity contribution in [3.63, 3.8) is 0 Å². The van der Waals surface area contributed by atoms with Gasteiger partial charge in [-0.3, -0.25) is 9.10 Å². The molecule has 6 nitrogen and oxygen atoms in total. The Hall–Kier alpha value is -3.03. The Morgan fingerprint density at radius 3 is 2.36 bits per heavy atom. The molecule has 0 radical (unpaired) electrons. The maximum Gasteiger partial charge on any atom is 0.264 e. The average molecular weight is 487 g/mol. The van der Waals surface area contributed by atoms with E-state index in [9.17, 15) is 13.2 Å². The molecule has 3 aromatic carbocycles. The number of ether oxygens (including phenoxy) is 1. The minimum atomic E-state index is -3.96. The van der Waals surface area contributed by atoms with Crippen LogP contribution in [-0.4, -0.2) is 34.5 Å². The zero-order valence-electron chi connectivity index (χ0n) is 18.6. The molecule has 8 heteroatoms. The Morgan fingerprint density at radius 1 is 1.03 bits per heavy atom. The van der Waals surface area contributed by atoms with Gasteiger partial charge in [0.2, 0.25) is 5.91 Å². The van der Waals surface area contributed by atoms with Crippen LogP contribution in [0.5, 0.6) is 5.75 Å². The van der Waals surface area contributed by atoms with Crippen LogP contribution >= 0.6 is 11.6 Å². The minimum Gasteiger partial charge on any atom is -0.497 e. The molecular formula is C25H27ClN2O4S. The number of aryl methyl sites for hydroxylation is 2. The van der Waals surface area contributed by atoms with Gasteiger partial charge in [0.15, 0.2) is 0 Å². The largest absolute Gasteiger partial charge is 0.497 e. The molecule has 0 fully saturated rings. The Bertz CT molecular complexity index is 1180. The van der Waals surface area contributed by atoms with E-state index < -0.39 is 10.0 Å². The van der Waals surface area contributed by atoms with Crippen LogP contribution in [0.4, 0.5) is 5.69 Å². The molecule has 0 heterocycles. The van der Waals surface area contributed by atoms with Gasteiger partial charge in [0.05, 0.1) is 17.7 Å². The van der Waals surface area contributed by atoms with Crippen LogP contribution in [0.3, 0.4) is 0 Å². The third-order valence-corrected chi connectivity index (χ3v) is 7.14. The minimum absolute atomic E-state index is 0.0701. The van der Waals surface area contributed by atoms with Crippen LogP contribution in [0, 0.1) is 6.92 Å².